The van der Waals surface area contributed by atoms with Crippen molar-refractivity contribution in [3.63, 3.8) is 0 Å². The number of amides is 2. The molecule has 230 valence electrons. The molecular formula is C34H36BrN3O5S. The minimum Gasteiger partial charge on any atom is -0.457 e. The van der Waals surface area contributed by atoms with E-state index < -0.39 is 34.1 Å². The molecule has 10 heteroatoms. The highest BCUT2D eigenvalue weighted by Crippen LogP contribution is 2.28. The van der Waals surface area contributed by atoms with Crippen LogP contribution in [0.4, 0.5) is 5.69 Å². The molecule has 0 spiro atoms. The maximum Gasteiger partial charge on any atom is 0.264 e. The van der Waals surface area contributed by atoms with Gasteiger partial charge in [0.15, 0.2) is 0 Å². The number of sulfonamides is 1. The van der Waals surface area contributed by atoms with E-state index in [-0.39, 0.29) is 23.0 Å². The van der Waals surface area contributed by atoms with Gasteiger partial charge in [-0.25, -0.2) is 8.42 Å². The molecule has 8 nitrogen and oxygen atoms in total. The lowest BCUT2D eigenvalue weighted by atomic mass is 10.1. The number of hydrogen-bond donors (Lipinski definition) is 1. The van der Waals surface area contributed by atoms with Crippen LogP contribution in [0.2, 0.25) is 0 Å². The predicted molar refractivity (Wildman–Crippen MR) is 176 cm³/mol. The van der Waals surface area contributed by atoms with Gasteiger partial charge >= 0.3 is 0 Å². The topological polar surface area (TPSA) is 96.0 Å². The summed E-state index contributed by atoms with van der Waals surface area (Å²) >= 11 is 3.46. The Kier molecular flexibility index (Phi) is 10.5. The van der Waals surface area contributed by atoms with Gasteiger partial charge in [0.2, 0.25) is 11.8 Å². The Morgan fingerprint density at radius 2 is 1.43 bits per heavy atom. The van der Waals surface area contributed by atoms with Crippen LogP contribution in [-0.4, -0.2) is 43.3 Å². The number of nitrogens with one attached hydrogen (secondary N) is 1. The fraction of sp³-hybridized carbons (Fsp3) is 0.235. The molecule has 0 aliphatic rings. The first-order valence-electron chi connectivity index (χ1n) is 14.1. The number of benzene rings is 4. The van der Waals surface area contributed by atoms with Crippen molar-refractivity contribution < 1.29 is 22.7 Å². The van der Waals surface area contributed by atoms with Gasteiger partial charge in [-0.2, -0.15) is 0 Å². The SMILES string of the molecule is C[C@H](C(=O)NC(C)(C)C)N(Cc1cccc(Br)c1)C(=O)CN(c1ccc(Oc2ccccc2)cc1)S(=O)(=O)c1ccccc1. The normalized spacial score (nSPS) is 12.2. The largest absolute Gasteiger partial charge is 0.457 e. The lowest BCUT2D eigenvalue weighted by Gasteiger charge is -2.33. The quantitative estimate of drug-likeness (QED) is 0.189. The molecule has 0 saturated carbocycles. The van der Waals surface area contributed by atoms with E-state index in [0.717, 1.165) is 14.3 Å². The molecule has 2 amide bonds. The molecule has 0 radical (unpaired) electrons. The Morgan fingerprint density at radius 1 is 0.841 bits per heavy atom. The van der Waals surface area contributed by atoms with Crippen molar-refractivity contribution in [2.45, 2.75) is 50.7 Å². The minimum absolute atomic E-state index is 0.0366. The number of hydrogen-bond acceptors (Lipinski definition) is 5. The van der Waals surface area contributed by atoms with Crippen LogP contribution >= 0.6 is 15.9 Å². The van der Waals surface area contributed by atoms with Crippen LogP contribution in [0.25, 0.3) is 0 Å². The molecule has 4 aromatic rings. The van der Waals surface area contributed by atoms with Crippen molar-refractivity contribution in [1.29, 1.82) is 0 Å². The first-order valence-corrected chi connectivity index (χ1v) is 16.3. The smallest absolute Gasteiger partial charge is 0.264 e. The fourth-order valence-electron chi connectivity index (χ4n) is 4.44. The molecular weight excluding hydrogens is 642 g/mol. The molecule has 4 rings (SSSR count). The average Bonchev–Trinajstić information content (AvgIpc) is 2.99. The molecule has 0 bridgehead atoms. The first kappa shape index (κ1) is 32.8. The van der Waals surface area contributed by atoms with E-state index in [9.17, 15) is 18.0 Å². The zero-order chi connectivity index (χ0) is 31.9. The Hall–Kier alpha value is -4.15. The van der Waals surface area contributed by atoms with Crippen molar-refractivity contribution in [2.75, 3.05) is 10.8 Å². The zero-order valence-corrected chi connectivity index (χ0v) is 27.5. The van der Waals surface area contributed by atoms with Gasteiger partial charge in [-0.3, -0.25) is 13.9 Å². The summed E-state index contributed by atoms with van der Waals surface area (Å²) in [5.41, 5.74) is 0.530. The van der Waals surface area contributed by atoms with Crippen molar-refractivity contribution in [3.8, 4) is 11.5 Å². The van der Waals surface area contributed by atoms with Crippen molar-refractivity contribution in [1.82, 2.24) is 10.2 Å². The van der Waals surface area contributed by atoms with Gasteiger partial charge in [0.25, 0.3) is 10.0 Å². The number of carbonyl (C=O) groups is 2. The third kappa shape index (κ3) is 8.70. The number of para-hydroxylation sites is 1. The van der Waals surface area contributed by atoms with Crippen molar-refractivity contribution >= 4 is 43.5 Å². The van der Waals surface area contributed by atoms with Gasteiger partial charge in [0, 0.05) is 16.6 Å². The van der Waals surface area contributed by atoms with Crippen LogP contribution in [0.15, 0.2) is 119 Å². The van der Waals surface area contributed by atoms with Crippen LogP contribution in [0, 0.1) is 0 Å². The summed E-state index contributed by atoms with van der Waals surface area (Å²) in [6.07, 6.45) is 0. The summed E-state index contributed by atoms with van der Waals surface area (Å²) in [4.78, 5) is 28.8. The Balaban J connectivity index is 1.70. The van der Waals surface area contributed by atoms with Crippen molar-refractivity contribution in [3.05, 3.63) is 119 Å². The number of ether oxygens (including phenoxy) is 1. The van der Waals surface area contributed by atoms with Gasteiger partial charge in [-0.05, 0) is 93.9 Å². The second-order valence-electron chi connectivity index (χ2n) is 11.3. The summed E-state index contributed by atoms with van der Waals surface area (Å²) in [6, 6.07) is 30.2. The van der Waals surface area contributed by atoms with Gasteiger partial charge in [0.05, 0.1) is 10.6 Å². The van der Waals surface area contributed by atoms with Gasteiger partial charge in [-0.1, -0.05) is 64.5 Å². The zero-order valence-electron chi connectivity index (χ0n) is 25.1. The first-order chi connectivity index (χ1) is 20.8. The maximum atomic E-state index is 14.1. The molecule has 0 aliphatic heterocycles. The molecule has 1 atom stereocenters. The highest BCUT2D eigenvalue weighted by molar-refractivity contribution is 9.10. The van der Waals surface area contributed by atoms with Crippen molar-refractivity contribution in [2.24, 2.45) is 0 Å². The average molecular weight is 679 g/mol. The monoisotopic (exact) mass is 677 g/mol. The van der Waals surface area contributed by atoms with Gasteiger partial charge in [0.1, 0.15) is 24.1 Å². The fourth-order valence-corrected chi connectivity index (χ4v) is 6.32. The maximum absolute atomic E-state index is 14.1. The lowest BCUT2D eigenvalue weighted by Crippen LogP contribution is -2.54. The lowest BCUT2D eigenvalue weighted by molar-refractivity contribution is -0.140. The van der Waals surface area contributed by atoms with E-state index >= 15 is 0 Å². The molecule has 1 N–H and O–H groups in total. The van der Waals surface area contributed by atoms with E-state index in [4.69, 9.17) is 4.74 Å². The van der Waals surface area contributed by atoms with E-state index in [2.05, 4.69) is 21.2 Å². The van der Waals surface area contributed by atoms with E-state index in [1.54, 1.807) is 49.4 Å². The van der Waals surface area contributed by atoms with Crippen LogP contribution < -0.4 is 14.4 Å². The highest BCUT2D eigenvalue weighted by Gasteiger charge is 2.33. The second-order valence-corrected chi connectivity index (χ2v) is 14.1. The number of anilines is 1. The standard InChI is InChI=1S/C34H36BrN3O5S/c1-25(33(40)36-34(2,3)4)37(23-26-12-11-13-27(35)22-26)32(39)24-38(44(41,42)31-16-9-6-10-17-31)28-18-20-30(21-19-28)43-29-14-7-5-8-15-29/h5-22,25H,23-24H2,1-4H3,(H,36,40)/t25-/m1/s1. The van der Waals surface area contributed by atoms with E-state index in [0.29, 0.717) is 11.5 Å². The predicted octanol–water partition coefficient (Wildman–Crippen LogP) is 6.77. The molecule has 0 unspecified atom stereocenters. The van der Waals surface area contributed by atoms with Crippen LogP contribution in [0.1, 0.15) is 33.3 Å². The van der Waals surface area contributed by atoms with Crippen LogP contribution in [-0.2, 0) is 26.2 Å². The molecule has 4 aromatic carbocycles. The number of carbonyl (C=O) groups excluding carboxylic acids is 2. The summed E-state index contributed by atoms with van der Waals surface area (Å²) in [7, 11) is -4.17. The molecule has 0 heterocycles. The van der Waals surface area contributed by atoms with Crippen LogP contribution in [0.5, 0.6) is 11.5 Å². The Bertz CT molecular complexity index is 1680. The highest BCUT2D eigenvalue weighted by atomic mass is 79.9. The molecule has 44 heavy (non-hydrogen) atoms. The summed E-state index contributed by atoms with van der Waals surface area (Å²) in [6.45, 7) is 6.78. The van der Waals surface area contributed by atoms with Gasteiger partial charge in [-0.15, -0.1) is 0 Å². The van der Waals surface area contributed by atoms with E-state index in [1.807, 2.05) is 75.4 Å². The number of nitrogens with zero attached hydrogens (tertiary/aromatic N) is 2. The summed E-state index contributed by atoms with van der Waals surface area (Å²) in [5.74, 6) is 0.258. The van der Waals surface area contributed by atoms with E-state index in [1.165, 1.54) is 17.0 Å². The molecule has 0 fully saturated rings. The summed E-state index contributed by atoms with van der Waals surface area (Å²) < 4.78 is 35.8. The van der Waals surface area contributed by atoms with Gasteiger partial charge < -0.3 is 15.0 Å². The van der Waals surface area contributed by atoms with Crippen LogP contribution in [0.3, 0.4) is 0 Å². The third-order valence-electron chi connectivity index (χ3n) is 6.62. The summed E-state index contributed by atoms with van der Waals surface area (Å²) in [5, 5.41) is 2.93. The Labute approximate surface area is 267 Å². The Morgan fingerprint density at radius 3 is 2.02 bits per heavy atom. The minimum atomic E-state index is -4.17. The molecule has 0 saturated heterocycles. The number of rotatable bonds is 11. The molecule has 0 aliphatic carbocycles. The number of halogens is 1. The third-order valence-corrected chi connectivity index (χ3v) is 8.90. The second kappa shape index (κ2) is 14.1. The molecule has 0 aromatic heterocycles.